The third-order valence-corrected chi connectivity index (χ3v) is 3.27. The van der Waals surface area contributed by atoms with Crippen molar-refractivity contribution in [2.75, 3.05) is 19.5 Å². The normalized spacial score (nSPS) is 10.0. The Hall–Kier alpha value is -3.69. The third kappa shape index (κ3) is 3.80. The molecule has 10 heteroatoms. The number of anilines is 1. The highest BCUT2D eigenvalue weighted by molar-refractivity contribution is 6.05. The van der Waals surface area contributed by atoms with E-state index in [1.807, 2.05) is 0 Å². The summed E-state index contributed by atoms with van der Waals surface area (Å²) in [5.74, 6) is -0.602. The highest BCUT2D eigenvalue weighted by Gasteiger charge is 2.20. The van der Waals surface area contributed by atoms with Gasteiger partial charge in [-0.15, -0.1) is 0 Å². The Labute approximate surface area is 141 Å². The van der Waals surface area contributed by atoms with Crippen LogP contribution in [0.1, 0.15) is 10.4 Å². The molecule has 0 bridgehead atoms. The van der Waals surface area contributed by atoms with E-state index in [9.17, 15) is 25.0 Å². The van der Waals surface area contributed by atoms with Crippen molar-refractivity contribution in [2.45, 2.75) is 0 Å². The largest absolute Gasteiger partial charge is 0.490 e. The third-order valence-electron chi connectivity index (χ3n) is 3.27. The van der Waals surface area contributed by atoms with Gasteiger partial charge in [0.05, 0.1) is 24.1 Å². The van der Waals surface area contributed by atoms with Crippen LogP contribution in [0.3, 0.4) is 0 Å². The number of nitrogens with zero attached hydrogens (tertiary/aromatic N) is 2. The lowest BCUT2D eigenvalue weighted by atomic mass is 10.1. The molecule has 2 aromatic carbocycles. The topological polar surface area (TPSA) is 134 Å². The van der Waals surface area contributed by atoms with E-state index in [0.717, 1.165) is 12.1 Å². The van der Waals surface area contributed by atoms with Crippen LogP contribution in [0.4, 0.5) is 17.1 Å². The van der Waals surface area contributed by atoms with Crippen molar-refractivity contribution >= 4 is 23.0 Å². The zero-order valence-corrected chi connectivity index (χ0v) is 13.2. The van der Waals surface area contributed by atoms with Gasteiger partial charge in [0, 0.05) is 23.4 Å². The Morgan fingerprint density at radius 2 is 1.44 bits per heavy atom. The molecule has 0 aliphatic carbocycles. The molecule has 0 heterocycles. The lowest BCUT2D eigenvalue weighted by Crippen LogP contribution is -2.12. The molecule has 0 spiro atoms. The van der Waals surface area contributed by atoms with E-state index in [1.54, 1.807) is 0 Å². The van der Waals surface area contributed by atoms with Crippen LogP contribution in [0.2, 0.25) is 0 Å². The fraction of sp³-hybridized carbons (Fsp3) is 0.133. The van der Waals surface area contributed by atoms with E-state index in [2.05, 4.69) is 5.32 Å². The first kappa shape index (κ1) is 17.7. The van der Waals surface area contributed by atoms with Gasteiger partial charge in [0.2, 0.25) is 0 Å². The Morgan fingerprint density at radius 1 is 0.920 bits per heavy atom. The Kier molecular flexibility index (Phi) is 5.12. The summed E-state index contributed by atoms with van der Waals surface area (Å²) in [5, 5.41) is 24.5. The van der Waals surface area contributed by atoms with Gasteiger partial charge >= 0.3 is 11.4 Å². The van der Waals surface area contributed by atoms with Gasteiger partial charge in [-0.2, -0.15) is 0 Å². The van der Waals surface area contributed by atoms with Gasteiger partial charge in [-0.25, -0.2) is 0 Å². The van der Waals surface area contributed by atoms with E-state index in [1.165, 1.54) is 38.5 Å². The van der Waals surface area contributed by atoms with Crippen molar-refractivity contribution in [3.05, 3.63) is 62.2 Å². The van der Waals surface area contributed by atoms with E-state index in [0.29, 0.717) is 0 Å². The van der Waals surface area contributed by atoms with Crippen LogP contribution in [-0.2, 0) is 0 Å². The molecule has 0 unspecified atom stereocenters. The van der Waals surface area contributed by atoms with Crippen molar-refractivity contribution in [3.8, 4) is 11.5 Å². The van der Waals surface area contributed by atoms with Crippen molar-refractivity contribution in [1.29, 1.82) is 0 Å². The zero-order chi connectivity index (χ0) is 18.6. The average Bonchev–Trinajstić information content (AvgIpc) is 2.60. The van der Waals surface area contributed by atoms with Crippen molar-refractivity contribution in [3.63, 3.8) is 0 Å². The summed E-state index contributed by atoms with van der Waals surface area (Å²) in [6, 6.07) is 7.59. The zero-order valence-electron chi connectivity index (χ0n) is 13.2. The number of rotatable bonds is 6. The van der Waals surface area contributed by atoms with E-state index >= 15 is 0 Å². The molecule has 130 valence electrons. The number of amides is 1. The minimum Gasteiger partial charge on any atom is -0.490 e. The molecule has 0 aliphatic rings. The molecule has 2 rings (SSSR count). The van der Waals surface area contributed by atoms with Crippen LogP contribution in [0.15, 0.2) is 36.4 Å². The van der Waals surface area contributed by atoms with Crippen LogP contribution in [0, 0.1) is 20.2 Å². The summed E-state index contributed by atoms with van der Waals surface area (Å²) >= 11 is 0. The molecule has 0 saturated carbocycles. The fourth-order valence-electron chi connectivity index (χ4n) is 2.09. The fourth-order valence-corrected chi connectivity index (χ4v) is 2.09. The SMILES string of the molecule is COc1ccc(NC(=O)c2ccc(OC)c([N+](=O)[O-])c2)cc1[N+](=O)[O-]. The number of benzene rings is 2. The van der Waals surface area contributed by atoms with E-state index in [4.69, 9.17) is 9.47 Å². The molecular weight excluding hydrogens is 334 g/mol. The lowest BCUT2D eigenvalue weighted by molar-refractivity contribution is -0.385. The predicted octanol–water partition coefficient (Wildman–Crippen LogP) is 2.77. The molecule has 0 aromatic heterocycles. The summed E-state index contributed by atoms with van der Waals surface area (Å²) in [4.78, 5) is 32.9. The van der Waals surface area contributed by atoms with Crippen LogP contribution in [0.5, 0.6) is 11.5 Å². The second kappa shape index (κ2) is 7.25. The second-order valence-corrected chi connectivity index (χ2v) is 4.74. The maximum atomic E-state index is 12.2. The Bertz CT molecular complexity index is 851. The number of hydrogen-bond acceptors (Lipinski definition) is 7. The van der Waals surface area contributed by atoms with Gasteiger partial charge in [0.25, 0.3) is 5.91 Å². The van der Waals surface area contributed by atoms with Crippen LogP contribution in [-0.4, -0.2) is 30.0 Å². The second-order valence-electron chi connectivity index (χ2n) is 4.74. The van der Waals surface area contributed by atoms with Crippen LogP contribution in [0.25, 0.3) is 0 Å². The standard InChI is InChI=1S/C15H13N3O7/c1-24-13-5-3-9(7-11(13)17(20)21)15(19)16-10-4-6-14(25-2)12(8-10)18(22)23/h3-8H,1-2H3,(H,16,19). The number of hydrogen-bond donors (Lipinski definition) is 1. The molecule has 1 amide bonds. The van der Waals surface area contributed by atoms with E-state index < -0.39 is 15.8 Å². The van der Waals surface area contributed by atoms with Gasteiger partial charge in [0.15, 0.2) is 11.5 Å². The highest BCUT2D eigenvalue weighted by atomic mass is 16.6. The molecule has 10 nitrogen and oxygen atoms in total. The summed E-state index contributed by atoms with van der Waals surface area (Å²) < 4.78 is 9.74. The average molecular weight is 347 g/mol. The number of nitro benzene ring substituents is 2. The quantitative estimate of drug-likeness (QED) is 0.627. The van der Waals surface area contributed by atoms with Crippen LogP contribution < -0.4 is 14.8 Å². The van der Waals surface area contributed by atoms with Crippen molar-refractivity contribution < 1.29 is 24.1 Å². The number of nitrogens with one attached hydrogen (secondary N) is 1. The number of methoxy groups -OCH3 is 2. The van der Waals surface area contributed by atoms with Gasteiger partial charge in [-0.1, -0.05) is 0 Å². The minimum absolute atomic E-state index is 0.00553. The molecule has 0 saturated heterocycles. The molecule has 0 aliphatic heterocycles. The maximum Gasteiger partial charge on any atom is 0.312 e. The smallest absolute Gasteiger partial charge is 0.312 e. The highest BCUT2D eigenvalue weighted by Crippen LogP contribution is 2.31. The number of carbonyl (C=O) groups is 1. The summed E-state index contributed by atoms with van der Waals surface area (Å²) in [5.41, 5.74) is -0.529. The van der Waals surface area contributed by atoms with Gasteiger partial charge < -0.3 is 14.8 Å². The number of ether oxygens (including phenoxy) is 2. The predicted molar refractivity (Wildman–Crippen MR) is 87.3 cm³/mol. The monoisotopic (exact) mass is 347 g/mol. The van der Waals surface area contributed by atoms with Gasteiger partial charge in [-0.3, -0.25) is 25.0 Å². The van der Waals surface area contributed by atoms with Gasteiger partial charge in [0.1, 0.15) is 0 Å². The molecule has 0 fully saturated rings. The number of nitro groups is 2. The first-order valence-electron chi connectivity index (χ1n) is 6.83. The van der Waals surface area contributed by atoms with E-state index in [-0.39, 0.29) is 34.1 Å². The Balaban J connectivity index is 2.31. The first-order chi connectivity index (χ1) is 11.9. The van der Waals surface area contributed by atoms with Gasteiger partial charge in [-0.05, 0) is 24.3 Å². The molecule has 25 heavy (non-hydrogen) atoms. The Morgan fingerprint density at radius 3 is 1.96 bits per heavy atom. The molecule has 2 aromatic rings. The summed E-state index contributed by atoms with van der Waals surface area (Å²) in [6.45, 7) is 0. The minimum atomic E-state index is -0.673. The summed E-state index contributed by atoms with van der Waals surface area (Å²) in [6.07, 6.45) is 0. The van der Waals surface area contributed by atoms with Crippen molar-refractivity contribution in [1.82, 2.24) is 0 Å². The van der Waals surface area contributed by atoms with Crippen molar-refractivity contribution in [2.24, 2.45) is 0 Å². The first-order valence-corrected chi connectivity index (χ1v) is 6.83. The molecule has 0 radical (unpaired) electrons. The number of carbonyl (C=O) groups excluding carboxylic acids is 1. The molecule has 0 atom stereocenters. The summed E-state index contributed by atoms with van der Waals surface area (Å²) in [7, 11) is 2.57. The lowest BCUT2D eigenvalue weighted by Gasteiger charge is -2.08. The maximum absolute atomic E-state index is 12.2. The van der Waals surface area contributed by atoms with Crippen LogP contribution >= 0.6 is 0 Å². The molecule has 1 N–H and O–H groups in total. The molecular formula is C15H13N3O7.